The second-order valence-electron chi connectivity index (χ2n) is 2.95. The number of pyridine rings is 1. The van der Waals surface area contributed by atoms with E-state index in [1.54, 1.807) is 12.4 Å². The molecule has 1 aromatic heterocycles. The predicted molar refractivity (Wildman–Crippen MR) is 67.2 cm³/mol. The van der Waals surface area contributed by atoms with Crippen molar-refractivity contribution in [2.24, 2.45) is 0 Å². The zero-order valence-electron chi connectivity index (χ0n) is 10.1. The van der Waals surface area contributed by atoms with E-state index >= 15 is 0 Å². The second kappa shape index (κ2) is 11.0. The molecule has 1 fully saturated rings. The van der Waals surface area contributed by atoms with E-state index in [9.17, 15) is 0 Å². The Morgan fingerprint density at radius 3 is 2.20 bits per heavy atom. The monoisotopic (exact) mass is 209 g/mol. The van der Waals surface area contributed by atoms with E-state index in [0.29, 0.717) is 0 Å². The first-order valence-electron chi connectivity index (χ1n) is 5.72. The van der Waals surface area contributed by atoms with Gasteiger partial charge in [0.05, 0.1) is 5.69 Å². The van der Waals surface area contributed by atoms with Crippen LogP contribution in [0.1, 0.15) is 26.7 Å². The first kappa shape index (κ1) is 13.9. The van der Waals surface area contributed by atoms with Gasteiger partial charge in [-0.1, -0.05) is 13.8 Å². The lowest BCUT2D eigenvalue weighted by Crippen LogP contribution is -2.03. The van der Waals surface area contributed by atoms with Gasteiger partial charge in [0.15, 0.2) is 0 Å². The van der Waals surface area contributed by atoms with E-state index in [-0.39, 0.29) is 0 Å². The van der Waals surface area contributed by atoms with Crippen LogP contribution in [0.2, 0.25) is 0 Å². The molecule has 0 atom stereocenters. The molecular formula is C12H23N3. The first-order chi connectivity index (χ1) is 7.43. The molecule has 2 N–H and O–H groups in total. The number of aromatic nitrogens is 1. The SMILES string of the molecule is C1CCNC1.CC.CNc1cccnc1. The third-order valence-corrected chi connectivity index (χ3v) is 1.91. The maximum absolute atomic E-state index is 3.89. The van der Waals surface area contributed by atoms with Crippen LogP contribution in [0.15, 0.2) is 24.5 Å². The van der Waals surface area contributed by atoms with Gasteiger partial charge in [-0.3, -0.25) is 4.98 Å². The summed E-state index contributed by atoms with van der Waals surface area (Å²) in [6.07, 6.45) is 6.31. The van der Waals surface area contributed by atoms with Crippen molar-refractivity contribution in [1.82, 2.24) is 10.3 Å². The highest BCUT2D eigenvalue weighted by molar-refractivity contribution is 5.38. The van der Waals surface area contributed by atoms with Crippen LogP contribution in [0, 0.1) is 0 Å². The van der Waals surface area contributed by atoms with Gasteiger partial charge in [0.2, 0.25) is 0 Å². The van der Waals surface area contributed by atoms with Crippen molar-refractivity contribution in [2.75, 3.05) is 25.5 Å². The highest BCUT2D eigenvalue weighted by atomic mass is 14.9. The van der Waals surface area contributed by atoms with Crippen LogP contribution in [0.25, 0.3) is 0 Å². The summed E-state index contributed by atoms with van der Waals surface area (Å²) in [6.45, 7) is 6.50. The largest absolute Gasteiger partial charge is 0.387 e. The molecule has 1 saturated heterocycles. The summed E-state index contributed by atoms with van der Waals surface area (Å²) in [4.78, 5) is 3.89. The molecular weight excluding hydrogens is 186 g/mol. The van der Waals surface area contributed by atoms with Gasteiger partial charge in [-0.05, 0) is 38.1 Å². The molecule has 0 bridgehead atoms. The highest BCUT2D eigenvalue weighted by Gasteiger charge is 1.93. The summed E-state index contributed by atoms with van der Waals surface area (Å²) in [7, 11) is 1.87. The molecule has 0 radical (unpaired) electrons. The van der Waals surface area contributed by atoms with E-state index < -0.39 is 0 Å². The quantitative estimate of drug-likeness (QED) is 0.746. The van der Waals surface area contributed by atoms with Crippen LogP contribution in [-0.4, -0.2) is 25.1 Å². The van der Waals surface area contributed by atoms with Crippen molar-refractivity contribution >= 4 is 5.69 Å². The number of rotatable bonds is 1. The fourth-order valence-corrected chi connectivity index (χ4v) is 1.14. The zero-order chi connectivity index (χ0) is 11.4. The Labute approximate surface area is 93.3 Å². The van der Waals surface area contributed by atoms with Crippen molar-refractivity contribution in [2.45, 2.75) is 26.7 Å². The fourth-order valence-electron chi connectivity index (χ4n) is 1.14. The Kier molecular flexibility index (Phi) is 10.2. The Morgan fingerprint density at radius 1 is 1.27 bits per heavy atom. The molecule has 1 aliphatic heterocycles. The Hall–Kier alpha value is -1.09. The predicted octanol–water partition coefficient (Wildman–Crippen LogP) is 2.52. The van der Waals surface area contributed by atoms with Crippen molar-refractivity contribution in [1.29, 1.82) is 0 Å². The molecule has 2 heterocycles. The number of anilines is 1. The van der Waals surface area contributed by atoms with Gasteiger partial charge in [-0.2, -0.15) is 0 Å². The molecule has 0 aliphatic carbocycles. The maximum Gasteiger partial charge on any atom is 0.0524 e. The van der Waals surface area contributed by atoms with Gasteiger partial charge in [0, 0.05) is 19.4 Å². The molecule has 0 aromatic carbocycles. The van der Waals surface area contributed by atoms with Crippen LogP contribution >= 0.6 is 0 Å². The lowest BCUT2D eigenvalue weighted by Gasteiger charge is -1.93. The van der Waals surface area contributed by atoms with Crippen LogP contribution < -0.4 is 10.6 Å². The molecule has 0 unspecified atom stereocenters. The van der Waals surface area contributed by atoms with Crippen LogP contribution in [0.3, 0.4) is 0 Å². The summed E-state index contributed by atoms with van der Waals surface area (Å²) < 4.78 is 0. The van der Waals surface area contributed by atoms with Crippen molar-refractivity contribution in [3.8, 4) is 0 Å². The average molecular weight is 209 g/mol. The van der Waals surface area contributed by atoms with E-state index in [1.165, 1.54) is 25.9 Å². The zero-order valence-corrected chi connectivity index (χ0v) is 10.1. The fraction of sp³-hybridized carbons (Fsp3) is 0.583. The molecule has 15 heavy (non-hydrogen) atoms. The third kappa shape index (κ3) is 7.94. The maximum atomic E-state index is 3.89. The lowest BCUT2D eigenvalue weighted by atomic mass is 10.4. The molecule has 86 valence electrons. The van der Waals surface area contributed by atoms with Gasteiger partial charge >= 0.3 is 0 Å². The number of hydrogen-bond donors (Lipinski definition) is 2. The van der Waals surface area contributed by atoms with Crippen molar-refractivity contribution < 1.29 is 0 Å². The average Bonchev–Trinajstić information content (AvgIpc) is 2.92. The summed E-state index contributed by atoms with van der Waals surface area (Å²) >= 11 is 0. The minimum Gasteiger partial charge on any atom is -0.387 e. The van der Waals surface area contributed by atoms with Crippen molar-refractivity contribution in [3.05, 3.63) is 24.5 Å². The van der Waals surface area contributed by atoms with E-state index in [1.807, 2.05) is 33.0 Å². The first-order valence-corrected chi connectivity index (χ1v) is 5.72. The normalized spacial score (nSPS) is 13.0. The molecule has 1 aliphatic rings. The summed E-state index contributed by atoms with van der Waals surface area (Å²) in [5.74, 6) is 0. The van der Waals surface area contributed by atoms with Crippen molar-refractivity contribution in [3.63, 3.8) is 0 Å². The van der Waals surface area contributed by atoms with Gasteiger partial charge in [-0.25, -0.2) is 0 Å². The molecule has 1 aromatic rings. The highest BCUT2D eigenvalue weighted by Crippen LogP contribution is 1.98. The summed E-state index contributed by atoms with van der Waals surface area (Å²) in [6, 6.07) is 3.86. The van der Waals surface area contributed by atoms with E-state index in [4.69, 9.17) is 0 Å². The van der Waals surface area contributed by atoms with Gasteiger partial charge < -0.3 is 10.6 Å². The number of nitrogens with one attached hydrogen (secondary N) is 2. The van der Waals surface area contributed by atoms with Gasteiger partial charge in [0.1, 0.15) is 0 Å². The molecule has 0 amide bonds. The smallest absolute Gasteiger partial charge is 0.0524 e. The molecule has 3 nitrogen and oxygen atoms in total. The minimum atomic E-state index is 1.05. The number of hydrogen-bond acceptors (Lipinski definition) is 3. The van der Waals surface area contributed by atoms with E-state index in [0.717, 1.165) is 5.69 Å². The minimum absolute atomic E-state index is 1.05. The summed E-state index contributed by atoms with van der Waals surface area (Å²) in [5.41, 5.74) is 1.05. The topological polar surface area (TPSA) is 37.0 Å². The van der Waals surface area contributed by atoms with Crippen LogP contribution in [-0.2, 0) is 0 Å². The third-order valence-electron chi connectivity index (χ3n) is 1.91. The van der Waals surface area contributed by atoms with Gasteiger partial charge in [-0.15, -0.1) is 0 Å². The van der Waals surface area contributed by atoms with Crippen LogP contribution in [0.5, 0.6) is 0 Å². The van der Waals surface area contributed by atoms with Crippen LogP contribution in [0.4, 0.5) is 5.69 Å². The number of nitrogens with zero attached hydrogens (tertiary/aromatic N) is 1. The molecule has 3 heteroatoms. The molecule has 0 spiro atoms. The Bertz CT molecular complexity index is 200. The molecule has 0 saturated carbocycles. The van der Waals surface area contributed by atoms with Gasteiger partial charge in [0.25, 0.3) is 0 Å². The van der Waals surface area contributed by atoms with E-state index in [2.05, 4.69) is 15.6 Å². The Balaban J connectivity index is 0.000000241. The second-order valence-corrected chi connectivity index (χ2v) is 2.95. The summed E-state index contributed by atoms with van der Waals surface area (Å²) in [5, 5.41) is 6.19. The Morgan fingerprint density at radius 2 is 1.93 bits per heavy atom. The standard InChI is InChI=1S/C6H8N2.C4H9N.C2H6/c1-7-6-3-2-4-8-5-6;1-2-4-5-3-1;1-2/h2-5,7H,1H3;5H,1-4H2;1-2H3. The lowest BCUT2D eigenvalue weighted by molar-refractivity contribution is 0.857. The molecule has 2 rings (SSSR count).